The first-order chi connectivity index (χ1) is 11.6. The van der Waals surface area contributed by atoms with Gasteiger partial charge in [-0.2, -0.15) is 0 Å². The first kappa shape index (κ1) is 16.0. The number of hydrogen-bond donors (Lipinski definition) is 1. The maximum absolute atomic E-state index is 13.0. The maximum Gasteiger partial charge on any atom is 0.255 e. The smallest absolute Gasteiger partial charge is 0.255 e. The standard InChI is InChI=1S/C18H17FN2O3/c1-24-16-5-3-2-4-15(16)18(23)20-13-10-17(22)21(11-13)14-8-6-12(19)7-9-14/h2-9,13H,10-11H2,1H3,(H,20,23). The molecular formula is C18H17FN2O3. The predicted molar refractivity (Wildman–Crippen MR) is 87.6 cm³/mol. The molecule has 0 aromatic heterocycles. The Morgan fingerprint density at radius 2 is 1.92 bits per heavy atom. The summed E-state index contributed by atoms with van der Waals surface area (Å²) in [4.78, 5) is 26.1. The van der Waals surface area contributed by atoms with Crippen molar-refractivity contribution < 1.29 is 18.7 Å². The molecule has 1 aliphatic heterocycles. The van der Waals surface area contributed by atoms with E-state index in [-0.39, 0.29) is 30.1 Å². The van der Waals surface area contributed by atoms with E-state index in [1.165, 1.54) is 19.2 Å². The molecule has 2 amide bonds. The van der Waals surface area contributed by atoms with Gasteiger partial charge in [0.1, 0.15) is 11.6 Å². The lowest BCUT2D eigenvalue weighted by molar-refractivity contribution is -0.117. The van der Waals surface area contributed by atoms with Gasteiger partial charge in [0.2, 0.25) is 5.91 Å². The third-order valence-corrected chi connectivity index (χ3v) is 3.95. The van der Waals surface area contributed by atoms with E-state index < -0.39 is 0 Å². The number of nitrogens with one attached hydrogen (secondary N) is 1. The molecule has 1 unspecified atom stereocenters. The van der Waals surface area contributed by atoms with Gasteiger partial charge < -0.3 is 15.0 Å². The summed E-state index contributed by atoms with van der Waals surface area (Å²) in [6.07, 6.45) is 0.207. The van der Waals surface area contributed by atoms with Crippen molar-refractivity contribution in [3.8, 4) is 5.75 Å². The molecule has 0 aliphatic carbocycles. The van der Waals surface area contributed by atoms with Crippen LogP contribution in [0.5, 0.6) is 5.75 Å². The molecule has 1 heterocycles. The maximum atomic E-state index is 13.0. The number of rotatable bonds is 4. The van der Waals surface area contributed by atoms with Crippen LogP contribution in [0.2, 0.25) is 0 Å². The average molecular weight is 328 g/mol. The van der Waals surface area contributed by atoms with E-state index in [0.717, 1.165) is 0 Å². The summed E-state index contributed by atoms with van der Waals surface area (Å²) in [5.74, 6) is -0.265. The summed E-state index contributed by atoms with van der Waals surface area (Å²) in [5, 5.41) is 2.86. The minimum Gasteiger partial charge on any atom is -0.496 e. The second-order valence-corrected chi connectivity index (χ2v) is 5.56. The van der Waals surface area contributed by atoms with Gasteiger partial charge in [0.25, 0.3) is 5.91 Å². The molecule has 1 atom stereocenters. The lowest BCUT2D eigenvalue weighted by Crippen LogP contribution is -2.37. The van der Waals surface area contributed by atoms with Crippen LogP contribution in [0.3, 0.4) is 0 Å². The number of carbonyl (C=O) groups excluding carboxylic acids is 2. The first-order valence-corrected chi connectivity index (χ1v) is 7.58. The molecular weight excluding hydrogens is 311 g/mol. The molecule has 1 N–H and O–H groups in total. The number of para-hydroxylation sites is 1. The van der Waals surface area contributed by atoms with Gasteiger partial charge in [0.05, 0.1) is 18.7 Å². The number of benzene rings is 2. The van der Waals surface area contributed by atoms with E-state index in [2.05, 4.69) is 5.32 Å². The highest BCUT2D eigenvalue weighted by molar-refractivity contribution is 6.00. The monoisotopic (exact) mass is 328 g/mol. The normalized spacial score (nSPS) is 17.0. The van der Waals surface area contributed by atoms with Crippen molar-refractivity contribution in [1.82, 2.24) is 5.32 Å². The number of ether oxygens (including phenoxy) is 1. The lowest BCUT2D eigenvalue weighted by Gasteiger charge is -2.17. The summed E-state index contributed by atoms with van der Waals surface area (Å²) in [6, 6.07) is 12.3. The molecule has 2 aromatic carbocycles. The van der Waals surface area contributed by atoms with Gasteiger partial charge in [0, 0.05) is 18.7 Å². The Bertz CT molecular complexity index is 761. The molecule has 0 spiro atoms. The van der Waals surface area contributed by atoms with Crippen molar-refractivity contribution in [2.24, 2.45) is 0 Å². The summed E-state index contributed by atoms with van der Waals surface area (Å²) < 4.78 is 18.2. The Balaban J connectivity index is 1.70. The van der Waals surface area contributed by atoms with Crippen LogP contribution in [-0.4, -0.2) is 31.5 Å². The number of hydrogen-bond acceptors (Lipinski definition) is 3. The Labute approximate surface area is 139 Å². The third-order valence-electron chi connectivity index (χ3n) is 3.95. The summed E-state index contributed by atoms with van der Waals surface area (Å²) in [6.45, 7) is 0.353. The SMILES string of the molecule is COc1ccccc1C(=O)NC1CC(=O)N(c2ccc(F)cc2)C1. The van der Waals surface area contributed by atoms with Gasteiger partial charge in [-0.3, -0.25) is 9.59 Å². The summed E-state index contributed by atoms with van der Waals surface area (Å²) in [5.41, 5.74) is 1.04. The topological polar surface area (TPSA) is 58.6 Å². The third kappa shape index (κ3) is 3.22. The van der Waals surface area contributed by atoms with Gasteiger partial charge in [-0.05, 0) is 36.4 Å². The van der Waals surface area contributed by atoms with Crippen LogP contribution in [0.25, 0.3) is 0 Å². The fourth-order valence-corrected chi connectivity index (χ4v) is 2.77. The van der Waals surface area contributed by atoms with Crippen molar-refractivity contribution in [3.63, 3.8) is 0 Å². The Kier molecular flexibility index (Phi) is 4.46. The van der Waals surface area contributed by atoms with Crippen LogP contribution in [-0.2, 0) is 4.79 Å². The second-order valence-electron chi connectivity index (χ2n) is 5.56. The van der Waals surface area contributed by atoms with Gasteiger partial charge in [-0.1, -0.05) is 12.1 Å². The molecule has 0 bridgehead atoms. The van der Waals surface area contributed by atoms with Gasteiger partial charge in [-0.25, -0.2) is 4.39 Å². The highest BCUT2D eigenvalue weighted by Crippen LogP contribution is 2.23. The quantitative estimate of drug-likeness (QED) is 0.937. The van der Waals surface area contributed by atoms with Crippen LogP contribution < -0.4 is 15.0 Å². The minimum absolute atomic E-state index is 0.105. The zero-order valence-corrected chi connectivity index (χ0v) is 13.2. The fourth-order valence-electron chi connectivity index (χ4n) is 2.77. The van der Waals surface area contributed by atoms with Crippen LogP contribution in [0, 0.1) is 5.82 Å². The fraction of sp³-hybridized carbons (Fsp3) is 0.222. The van der Waals surface area contributed by atoms with Crippen molar-refractivity contribution in [3.05, 3.63) is 59.9 Å². The number of methoxy groups -OCH3 is 1. The predicted octanol–water partition coefficient (Wildman–Crippen LogP) is 2.37. The number of anilines is 1. The number of nitrogens with zero attached hydrogens (tertiary/aromatic N) is 1. The molecule has 1 fully saturated rings. The van der Waals surface area contributed by atoms with Gasteiger partial charge in [-0.15, -0.1) is 0 Å². The van der Waals surface area contributed by atoms with Crippen molar-refractivity contribution >= 4 is 17.5 Å². The molecule has 2 aromatic rings. The van der Waals surface area contributed by atoms with Crippen molar-refractivity contribution in [1.29, 1.82) is 0 Å². The molecule has 24 heavy (non-hydrogen) atoms. The molecule has 0 radical (unpaired) electrons. The van der Waals surface area contributed by atoms with E-state index in [4.69, 9.17) is 4.74 Å². The Hall–Kier alpha value is -2.89. The van der Waals surface area contributed by atoms with E-state index in [9.17, 15) is 14.0 Å². The van der Waals surface area contributed by atoms with E-state index in [1.54, 1.807) is 41.3 Å². The number of carbonyl (C=O) groups is 2. The number of amides is 2. The van der Waals surface area contributed by atoms with Crippen LogP contribution in [0.4, 0.5) is 10.1 Å². The Morgan fingerprint density at radius 1 is 1.21 bits per heavy atom. The molecule has 5 nitrogen and oxygen atoms in total. The molecule has 0 saturated carbocycles. The van der Waals surface area contributed by atoms with Crippen molar-refractivity contribution in [2.45, 2.75) is 12.5 Å². The van der Waals surface area contributed by atoms with E-state index in [1.807, 2.05) is 0 Å². The molecule has 1 saturated heterocycles. The molecule has 124 valence electrons. The first-order valence-electron chi connectivity index (χ1n) is 7.58. The highest BCUT2D eigenvalue weighted by atomic mass is 19.1. The summed E-state index contributed by atoms with van der Waals surface area (Å²) >= 11 is 0. The number of halogens is 1. The largest absolute Gasteiger partial charge is 0.496 e. The van der Waals surface area contributed by atoms with Crippen molar-refractivity contribution in [2.75, 3.05) is 18.6 Å². The van der Waals surface area contributed by atoms with Crippen LogP contribution in [0.15, 0.2) is 48.5 Å². The second kappa shape index (κ2) is 6.70. The molecule has 1 aliphatic rings. The Morgan fingerprint density at radius 3 is 2.62 bits per heavy atom. The molecule has 6 heteroatoms. The zero-order chi connectivity index (χ0) is 17.1. The van der Waals surface area contributed by atoms with Crippen LogP contribution in [0.1, 0.15) is 16.8 Å². The highest BCUT2D eigenvalue weighted by Gasteiger charge is 2.32. The lowest BCUT2D eigenvalue weighted by atomic mass is 10.1. The minimum atomic E-state index is -0.355. The average Bonchev–Trinajstić information content (AvgIpc) is 2.95. The van der Waals surface area contributed by atoms with E-state index >= 15 is 0 Å². The molecule has 3 rings (SSSR count). The zero-order valence-electron chi connectivity index (χ0n) is 13.2. The summed E-state index contributed by atoms with van der Waals surface area (Å²) in [7, 11) is 1.50. The van der Waals surface area contributed by atoms with E-state index in [0.29, 0.717) is 23.5 Å². The van der Waals surface area contributed by atoms with Gasteiger partial charge >= 0.3 is 0 Å². The van der Waals surface area contributed by atoms with Crippen LogP contribution >= 0.6 is 0 Å². The van der Waals surface area contributed by atoms with Gasteiger partial charge in [0.15, 0.2) is 0 Å².